The predicted molar refractivity (Wildman–Crippen MR) is 191 cm³/mol. The number of hydrogen-bond donors (Lipinski definition) is 6. The Labute approximate surface area is 284 Å². The first kappa shape index (κ1) is 36.0. The minimum Gasteiger partial charge on any atom is -0.393 e. The third-order valence-corrected chi connectivity index (χ3v) is 8.86. The predicted octanol–water partition coefficient (Wildman–Crippen LogP) is 4.69. The molecule has 9 nitrogen and oxygen atoms in total. The zero-order valence-corrected chi connectivity index (χ0v) is 28.7. The van der Waals surface area contributed by atoms with Crippen LogP contribution in [-0.4, -0.2) is 61.2 Å². The molecule has 5 atom stereocenters. The normalized spacial score (nSPS) is 17.9. The molecule has 0 bridgehead atoms. The molecular formula is C37H49N5O4S. The summed E-state index contributed by atoms with van der Waals surface area (Å²) in [5, 5.41) is 23.3. The summed E-state index contributed by atoms with van der Waals surface area (Å²) < 4.78 is 1.56. The Morgan fingerprint density at radius 2 is 1.49 bits per heavy atom. The fraction of sp³-hybridized carbons (Fsp3) is 0.432. The lowest BCUT2D eigenvalue weighted by Crippen LogP contribution is -2.55. The molecule has 252 valence electrons. The van der Waals surface area contributed by atoms with E-state index in [-0.39, 0.29) is 29.7 Å². The maximum Gasteiger partial charge on any atom is 0.251 e. The average molecular weight is 660 g/mol. The van der Waals surface area contributed by atoms with E-state index in [9.17, 15) is 19.5 Å². The molecular weight excluding hydrogens is 611 g/mol. The van der Waals surface area contributed by atoms with Crippen LogP contribution < -0.4 is 25.6 Å². The van der Waals surface area contributed by atoms with Crippen molar-refractivity contribution in [3.8, 4) is 0 Å². The van der Waals surface area contributed by atoms with E-state index in [1.807, 2.05) is 81.4 Å². The van der Waals surface area contributed by atoms with Crippen molar-refractivity contribution in [2.24, 2.45) is 11.8 Å². The van der Waals surface area contributed by atoms with Gasteiger partial charge in [0.15, 0.2) is 0 Å². The second-order valence-electron chi connectivity index (χ2n) is 12.9. The van der Waals surface area contributed by atoms with Gasteiger partial charge in [-0.3, -0.25) is 14.4 Å². The summed E-state index contributed by atoms with van der Waals surface area (Å²) in [4.78, 5) is 40.6. The Balaban J connectivity index is 1.55. The van der Waals surface area contributed by atoms with E-state index in [1.54, 1.807) is 29.6 Å². The van der Waals surface area contributed by atoms with Gasteiger partial charge in [0.25, 0.3) is 11.8 Å². The fourth-order valence-electron chi connectivity index (χ4n) is 5.99. The molecule has 10 heteroatoms. The van der Waals surface area contributed by atoms with Crippen LogP contribution in [0.3, 0.4) is 0 Å². The molecule has 0 saturated heterocycles. The van der Waals surface area contributed by atoms with Gasteiger partial charge < -0.3 is 30.7 Å². The number of aliphatic hydroxyl groups is 1. The molecule has 4 rings (SSSR count). The maximum absolute atomic E-state index is 13.9. The first-order valence-corrected chi connectivity index (χ1v) is 16.9. The van der Waals surface area contributed by atoms with Gasteiger partial charge in [0.1, 0.15) is 0 Å². The van der Waals surface area contributed by atoms with Crippen molar-refractivity contribution in [2.75, 3.05) is 24.4 Å². The summed E-state index contributed by atoms with van der Waals surface area (Å²) in [6.07, 6.45) is 2.24. The highest BCUT2D eigenvalue weighted by atomic mass is 32.1. The first-order valence-electron chi connectivity index (χ1n) is 16.5. The van der Waals surface area contributed by atoms with Crippen LogP contribution in [0.15, 0.2) is 78.9 Å². The van der Waals surface area contributed by atoms with Crippen molar-refractivity contribution in [1.82, 2.24) is 21.3 Å². The zero-order valence-electron chi connectivity index (χ0n) is 27.8. The lowest BCUT2D eigenvalue weighted by molar-refractivity contribution is -0.125. The summed E-state index contributed by atoms with van der Waals surface area (Å²) in [6.45, 7) is 6.84. The van der Waals surface area contributed by atoms with Crippen LogP contribution >= 0.6 is 12.8 Å². The van der Waals surface area contributed by atoms with Gasteiger partial charge in [0.2, 0.25) is 5.91 Å². The largest absolute Gasteiger partial charge is 0.393 e. The number of carbonyl (C=O) groups is 3. The van der Waals surface area contributed by atoms with E-state index >= 15 is 0 Å². The van der Waals surface area contributed by atoms with Crippen molar-refractivity contribution in [2.45, 2.75) is 70.7 Å². The van der Waals surface area contributed by atoms with Crippen molar-refractivity contribution in [3.05, 3.63) is 101 Å². The molecule has 3 amide bonds. The molecule has 0 spiro atoms. The van der Waals surface area contributed by atoms with E-state index in [2.05, 4.69) is 34.1 Å². The molecule has 1 unspecified atom stereocenters. The third kappa shape index (κ3) is 10.6. The molecule has 1 saturated carbocycles. The highest BCUT2D eigenvalue weighted by molar-refractivity contribution is 7.81. The highest BCUT2D eigenvalue weighted by Crippen LogP contribution is 2.29. The van der Waals surface area contributed by atoms with E-state index in [4.69, 9.17) is 0 Å². The Kier molecular flexibility index (Phi) is 13.3. The van der Waals surface area contributed by atoms with Crippen LogP contribution in [0.25, 0.3) is 0 Å². The molecule has 3 aromatic carbocycles. The molecule has 0 aliphatic heterocycles. The lowest BCUT2D eigenvalue weighted by atomic mass is 9.94. The number of nitrogens with zero attached hydrogens (tertiary/aromatic N) is 1. The Bertz CT molecular complexity index is 1470. The lowest BCUT2D eigenvalue weighted by Gasteiger charge is -2.29. The number of nitrogens with one attached hydrogen (secondary N) is 4. The van der Waals surface area contributed by atoms with Crippen LogP contribution in [-0.2, 0) is 11.2 Å². The summed E-state index contributed by atoms with van der Waals surface area (Å²) in [5.74, 6) is -0.715. The number of rotatable bonds is 15. The summed E-state index contributed by atoms with van der Waals surface area (Å²) in [5.41, 5.74) is 3.25. The smallest absolute Gasteiger partial charge is 0.251 e. The molecule has 0 aromatic heterocycles. The molecule has 3 aromatic rings. The second-order valence-corrected chi connectivity index (χ2v) is 13.5. The van der Waals surface area contributed by atoms with Gasteiger partial charge >= 0.3 is 0 Å². The van der Waals surface area contributed by atoms with Gasteiger partial charge in [-0.15, -0.1) is 0 Å². The molecule has 1 aliphatic rings. The van der Waals surface area contributed by atoms with Crippen LogP contribution in [0.5, 0.6) is 0 Å². The van der Waals surface area contributed by atoms with Crippen molar-refractivity contribution < 1.29 is 19.5 Å². The topological polar surface area (TPSA) is 123 Å². The van der Waals surface area contributed by atoms with E-state index in [0.29, 0.717) is 48.7 Å². The van der Waals surface area contributed by atoms with Crippen LogP contribution in [0.2, 0.25) is 0 Å². The van der Waals surface area contributed by atoms with Crippen LogP contribution in [0, 0.1) is 11.8 Å². The SMILES string of the molecule is CC(C)CNC(=O)[C@@H](NC[C@H](Cc1ccccc1)NC(=O)c1cc(C(=O)N[C@H](C)c2ccccc2)cc(N(C)S)c1)[C@@H]1CCCC1O. The second kappa shape index (κ2) is 17.3. The van der Waals surface area contributed by atoms with Gasteiger partial charge in [-0.25, -0.2) is 0 Å². The number of benzene rings is 3. The molecule has 1 aliphatic carbocycles. The number of aliphatic hydroxyl groups excluding tert-OH is 1. The van der Waals surface area contributed by atoms with Gasteiger partial charge in [0, 0.05) is 48.9 Å². The van der Waals surface area contributed by atoms with Gasteiger partial charge in [-0.05, 0) is 61.4 Å². The number of thiol groups is 1. The summed E-state index contributed by atoms with van der Waals surface area (Å²) in [6, 6.07) is 23.3. The standard InChI is InChI=1S/C37H49N5O4S/c1-24(2)22-39-37(46)34(32-16-11-17-33(32)43)38-23-30(18-26-12-7-5-8-13-26)41-36(45)29-19-28(20-31(21-29)42(4)47)35(44)40-25(3)27-14-9-6-10-15-27/h5-10,12-15,19-21,24-25,30,32-34,38,43,47H,11,16-18,22-23H2,1-4H3,(H,39,46)(H,40,44)(H,41,45)/t25-,30+,32-,33?,34+/m1/s1. The van der Waals surface area contributed by atoms with E-state index in [1.165, 1.54) is 0 Å². The van der Waals surface area contributed by atoms with Crippen molar-refractivity contribution in [3.63, 3.8) is 0 Å². The average Bonchev–Trinajstić information content (AvgIpc) is 3.49. The molecule has 5 N–H and O–H groups in total. The van der Waals surface area contributed by atoms with Crippen LogP contribution in [0.1, 0.15) is 77.9 Å². The number of anilines is 1. The van der Waals surface area contributed by atoms with E-state index in [0.717, 1.165) is 24.0 Å². The quantitative estimate of drug-likeness (QED) is 0.132. The molecule has 1 fully saturated rings. The Hall–Kier alpha value is -3.86. The number of hydrogen-bond acceptors (Lipinski definition) is 7. The van der Waals surface area contributed by atoms with E-state index < -0.39 is 18.2 Å². The van der Waals surface area contributed by atoms with Gasteiger partial charge in [-0.2, -0.15) is 0 Å². The number of amides is 3. The zero-order chi connectivity index (χ0) is 33.9. The maximum atomic E-state index is 13.9. The minimum absolute atomic E-state index is 0.139. The Morgan fingerprint density at radius 1 is 0.872 bits per heavy atom. The molecule has 47 heavy (non-hydrogen) atoms. The van der Waals surface area contributed by atoms with Crippen molar-refractivity contribution in [1.29, 1.82) is 0 Å². The molecule has 0 radical (unpaired) electrons. The monoisotopic (exact) mass is 659 g/mol. The van der Waals surface area contributed by atoms with Gasteiger partial charge in [0.05, 0.1) is 18.2 Å². The minimum atomic E-state index is -0.593. The van der Waals surface area contributed by atoms with Gasteiger partial charge in [-0.1, -0.05) is 93.7 Å². The first-order chi connectivity index (χ1) is 22.5. The highest BCUT2D eigenvalue weighted by Gasteiger charge is 2.37. The fourth-order valence-corrected chi connectivity index (χ4v) is 6.10. The van der Waals surface area contributed by atoms with Crippen LogP contribution in [0.4, 0.5) is 5.69 Å². The summed E-state index contributed by atoms with van der Waals surface area (Å²) in [7, 11) is 1.73. The summed E-state index contributed by atoms with van der Waals surface area (Å²) >= 11 is 4.44. The third-order valence-electron chi connectivity index (χ3n) is 8.63. The molecule has 0 heterocycles. The van der Waals surface area contributed by atoms with Crippen molar-refractivity contribution >= 4 is 36.2 Å². The number of carbonyl (C=O) groups excluding carboxylic acids is 3. The Morgan fingerprint density at radius 3 is 2.06 bits per heavy atom.